The maximum Gasteiger partial charge on any atom is 0.258 e. The first-order valence-corrected chi connectivity index (χ1v) is 7.47. The van der Waals surface area contributed by atoms with E-state index in [1.54, 1.807) is 6.07 Å². The van der Waals surface area contributed by atoms with E-state index in [1.807, 2.05) is 33.0 Å². The first kappa shape index (κ1) is 20.2. The third-order valence-corrected chi connectivity index (χ3v) is 3.26. The van der Waals surface area contributed by atoms with Crippen molar-refractivity contribution in [2.45, 2.75) is 41.0 Å². The number of primary amides is 1. The van der Waals surface area contributed by atoms with Crippen LogP contribution in [0.25, 0.3) is 5.57 Å². The van der Waals surface area contributed by atoms with Crippen LogP contribution >= 0.6 is 11.3 Å². The molecule has 0 fully saturated rings. The Kier molecular flexibility index (Phi) is 14.1. The molecule has 0 spiro atoms. The summed E-state index contributed by atoms with van der Waals surface area (Å²) in [7, 11) is 1.93. The summed E-state index contributed by atoms with van der Waals surface area (Å²) in [5, 5.41) is 2.93. The van der Waals surface area contributed by atoms with E-state index in [4.69, 9.17) is 5.73 Å². The Balaban J connectivity index is 0. The number of carbonyl (C=O) groups is 1. The van der Waals surface area contributed by atoms with E-state index in [-0.39, 0.29) is 5.91 Å². The van der Waals surface area contributed by atoms with Gasteiger partial charge in [-0.3, -0.25) is 4.79 Å². The molecule has 0 unspecified atom stereocenters. The fourth-order valence-corrected chi connectivity index (χ4v) is 1.71. The van der Waals surface area contributed by atoms with Crippen LogP contribution in [0.5, 0.6) is 0 Å². The van der Waals surface area contributed by atoms with Crippen LogP contribution in [0.15, 0.2) is 18.2 Å². The molecule has 0 saturated carbocycles. The van der Waals surface area contributed by atoms with Crippen LogP contribution in [-0.2, 0) is 0 Å². The SMILES string of the molecule is C/C=C(\C)c1ccc(C(N)=O)s1.CCC.CCNC. The average molecular weight is 284 g/mol. The van der Waals surface area contributed by atoms with Crippen LogP contribution in [-0.4, -0.2) is 19.5 Å². The summed E-state index contributed by atoms with van der Waals surface area (Å²) in [6.07, 6.45) is 3.26. The Morgan fingerprint density at radius 1 is 1.32 bits per heavy atom. The second-order valence-corrected chi connectivity index (χ2v) is 5.00. The fourth-order valence-electron chi connectivity index (χ4n) is 0.825. The summed E-state index contributed by atoms with van der Waals surface area (Å²) in [5.41, 5.74) is 6.29. The first-order chi connectivity index (χ1) is 8.98. The largest absolute Gasteiger partial charge is 0.365 e. The molecule has 3 N–H and O–H groups in total. The van der Waals surface area contributed by atoms with Gasteiger partial charge < -0.3 is 11.1 Å². The summed E-state index contributed by atoms with van der Waals surface area (Å²) in [6, 6.07) is 3.68. The lowest BCUT2D eigenvalue weighted by Gasteiger charge is -1.91. The van der Waals surface area contributed by atoms with E-state index in [2.05, 4.69) is 26.1 Å². The van der Waals surface area contributed by atoms with E-state index in [0.29, 0.717) is 4.88 Å². The highest BCUT2D eigenvalue weighted by molar-refractivity contribution is 7.15. The molecule has 1 aromatic heterocycles. The molecular weight excluding hydrogens is 256 g/mol. The lowest BCUT2D eigenvalue weighted by atomic mass is 10.2. The molecule has 3 nitrogen and oxygen atoms in total. The lowest BCUT2D eigenvalue weighted by Crippen LogP contribution is -2.07. The number of carbonyl (C=O) groups excluding carboxylic acids is 1. The molecule has 0 saturated heterocycles. The van der Waals surface area contributed by atoms with Gasteiger partial charge >= 0.3 is 0 Å². The number of amides is 1. The van der Waals surface area contributed by atoms with Crippen LogP contribution in [0.1, 0.15) is 55.6 Å². The fraction of sp³-hybridized carbons (Fsp3) is 0.533. The molecule has 110 valence electrons. The van der Waals surface area contributed by atoms with Gasteiger partial charge in [-0.2, -0.15) is 0 Å². The van der Waals surface area contributed by atoms with Gasteiger partial charge in [0.15, 0.2) is 0 Å². The lowest BCUT2D eigenvalue weighted by molar-refractivity contribution is 0.100. The topological polar surface area (TPSA) is 55.1 Å². The van der Waals surface area contributed by atoms with Crippen LogP contribution in [0.4, 0.5) is 0 Å². The Labute approximate surface area is 121 Å². The standard InChI is InChI=1S/C9H11NOS.C3H9N.C3H8/c1-3-6(2)7-4-5-8(12-7)9(10)11;1-3-4-2;1-3-2/h3-5H,1-2H3,(H2,10,11);4H,3H2,1-2H3;3H2,1-2H3/b6-3+;;. The van der Waals surface area contributed by atoms with Gasteiger partial charge in [0.2, 0.25) is 0 Å². The van der Waals surface area contributed by atoms with Crippen molar-refractivity contribution in [3.8, 4) is 0 Å². The maximum absolute atomic E-state index is 10.7. The van der Waals surface area contributed by atoms with Gasteiger partial charge in [-0.25, -0.2) is 0 Å². The molecule has 0 bridgehead atoms. The minimum absolute atomic E-state index is 0.352. The number of allylic oxidation sites excluding steroid dienone is 2. The molecule has 1 amide bonds. The van der Waals surface area contributed by atoms with Crippen molar-refractivity contribution < 1.29 is 4.79 Å². The number of thiophene rings is 1. The highest BCUT2D eigenvalue weighted by atomic mass is 32.1. The predicted octanol–water partition coefficient (Wildman–Crippen LogP) is 3.91. The maximum atomic E-state index is 10.7. The van der Waals surface area contributed by atoms with Gasteiger partial charge in [0, 0.05) is 4.88 Å². The molecule has 1 rings (SSSR count). The zero-order chi connectivity index (χ0) is 15.3. The van der Waals surface area contributed by atoms with E-state index < -0.39 is 0 Å². The van der Waals surface area contributed by atoms with Crippen molar-refractivity contribution in [2.75, 3.05) is 13.6 Å². The molecule has 0 aromatic carbocycles. The Hall–Kier alpha value is -1.13. The van der Waals surface area contributed by atoms with Gasteiger partial charge in [-0.15, -0.1) is 11.3 Å². The van der Waals surface area contributed by atoms with E-state index in [0.717, 1.165) is 11.4 Å². The smallest absolute Gasteiger partial charge is 0.258 e. The zero-order valence-electron chi connectivity index (χ0n) is 13.0. The third kappa shape index (κ3) is 10.5. The molecule has 1 heterocycles. The summed E-state index contributed by atoms with van der Waals surface area (Å²) in [4.78, 5) is 12.5. The number of hydrogen-bond donors (Lipinski definition) is 2. The zero-order valence-corrected chi connectivity index (χ0v) is 13.9. The van der Waals surface area contributed by atoms with Gasteiger partial charge in [0.1, 0.15) is 0 Å². The normalized spacial score (nSPS) is 9.89. The van der Waals surface area contributed by atoms with Crippen LogP contribution in [0.3, 0.4) is 0 Å². The summed E-state index contributed by atoms with van der Waals surface area (Å²) in [5.74, 6) is -0.352. The number of hydrogen-bond acceptors (Lipinski definition) is 3. The quantitative estimate of drug-likeness (QED) is 0.884. The second-order valence-electron chi connectivity index (χ2n) is 3.91. The minimum Gasteiger partial charge on any atom is -0.365 e. The average Bonchev–Trinajstić information content (AvgIpc) is 2.89. The van der Waals surface area contributed by atoms with Crippen molar-refractivity contribution in [1.82, 2.24) is 5.32 Å². The molecule has 0 aliphatic rings. The summed E-state index contributed by atoms with van der Waals surface area (Å²) in [6.45, 7) is 11.4. The molecule has 0 aliphatic heterocycles. The Morgan fingerprint density at radius 3 is 2.00 bits per heavy atom. The molecule has 0 atom stereocenters. The van der Waals surface area contributed by atoms with Crippen LogP contribution < -0.4 is 11.1 Å². The highest BCUT2D eigenvalue weighted by Crippen LogP contribution is 2.23. The number of rotatable bonds is 3. The van der Waals surface area contributed by atoms with Crippen molar-refractivity contribution in [3.63, 3.8) is 0 Å². The van der Waals surface area contributed by atoms with Crippen LogP contribution in [0, 0.1) is 0 Å². The van der Waals surface area contributed by atoms with Crippen molar-refractivity contribution in [1.29, 1.82) is 0 Å². The number of nitrogens with one attached hydrogen (secondary N) is 1. The third-order valence-electron chi connectivity index (χ3n) is 2.02. The van der Waals surface area contributed by atoms with Gasteiger partial charge in [-0.1, -0.05) is 33.3 Å². The predicted molar refractivity (Wildman–Crippen MR) is 87.7 cm³/mol. The van der Waals surface area contributed by atoms with Crippen molar-refractivity contribution in [3.05, 3.63) is 28.0 Å². The Morgan fingerprint density at radius 2 is 1.74 bits per heavy atom. The molecule has 0 radical (unpaired) electrons. The first-order valence-electron chi connectivity index (χ1n) is 6.65. The highest BCUT2D eigenvalue weighted by Gasteiger charge is 2.04. The molecule has 19 heavy (non-hydrogen) atoms. The van der Waals surface area contributed by atoms with Gasteiger partial charge in [0.25, 0.3) is 5.91 Å². The van der Waals surface area contributed by atoms with E-state index >= 15 is 0 Å². The monoisotopic (exact) mass is 284 g/mol. The van der Waals surface area contributed by atoms with Crippen molar-refractivity contribution in [2.24, 2.45) is 5.73 Å². The minimum atomic E-state index is -0.352. The van der Waals surface area contributed by atoms with Crippen LogP contribution in [0.2, 0.25) is 0 Å². The van der Waals surface area contributed by atoms with Crippen molar-refractivity contribution >= 4 is 22.8 Å². The van der Waals surface area contributed by atoms with Gasteiger partial charge in [-0.05, 0) is 45.1 Å². The van der Waals surface area contributed by atoms with E-state index in [9.17, 15) is 4.79 Å². The molecule has 1 aromatic rings. The summed E-state index contributed by atoms with van der Waals surface area (Å²) < 4.78 is 0. The molecular formula is C15H28N2OS. The number of nitrogens with two attached hydrogens (primary N) is 1. The summed E-state index contributed by atoms with van der Waals surface area (Å²) >= 11 is 1.43. The molecule has 0 aliphatic carbocycles. The molecule has 4 heteroatoms. The second kappa shape index (κ2) is 13.3. The van der Waals surface area contributed by atoms with Gasteiger partial charge in [0.05, 0.1) is 4.88 Å². The van der Waals surface area contributed by atoms with E-state index in [1.165, 1.54) is 23.3 Å². The Bertz CT molecular complexity index is 368.